The minimum Gasteiger partial charge on any atom is -0.476 e. The molecule has 0 bridgehead atoms. The molecule has 2 N–H and O–H groups in total. The summed E-state index contributed by atoms with van der Waals surface area (Å²) < 4.78 is 14.0. The van der Waals surface area contributed by atoms with E-state index in [2.05, 4.69) is 15.6 Å². The number of anilines is 1. The molecule has 0 aliphatic heterocycles. The Labute approximate surface area is 119 Å². The molecular formula is C13H13FN4O3. The number of nitrogens with zero attached hydrogens (tertiary/aromatic N) is 3. The summed E-state index contributed by atoms with van der Waals surface area (Å²) in [6, 6.07) is 5.31. The van der Waals surface area contributed by atoms with Crippen LogP contribution in [0.4, 0.5) is 10.1 Å². The Morgan fingerprint density at radius 1 is 1.33 bits per heavy atom. The number of rotatable bonds is 5. The van der Waals surface area contributed by atoms with Crippen LogP contribution in [-0.2, 0) is 17.8 Å². The summed E-state index contributed by atoms with van der Waals surface area (Å²) in [4.78, 5) is 22.8. The molecule has 0 aliphatic carbocycles. The Bertz CT molecular complexity index is 667. The highest BCUT2D eigenvalue weighted by atomic mass is 19.1. The number of halogens is 1. The summed E-state index contributed by atoms with van der Waals surface area (Å²) in [6.45, 7) is 1.58. The van der Waals surface area contributed by atoms with Crippen LogP contribution in [0.3, 0.4) is 0 Å². The smallest absolute Gasteiger partial charge is 0.358 e. The zero-order valence-electron chi connectivity index (χ0n) is 11.2. The Morgan fingerprint density at radius 2 is 2.00 bits per heavy atom. The zero-order chi connectivity index (χ0) is 15.4. The monoisotopic (exact) mass is 292 g/mol. The van der Waals surface area contributed by atoms with Crippen molar-refractivity contribution < 1.29 is 19.1 Å². The molecule has 2 aromatic rings. The summed E-state index contributed by atoms with van der Waals surface area (Å²) in [5.74, 6) is -1.99. The predicted octanol–water partition coefficient (Wildman–Crippen LogP) is 1.32. The van der Waals surface area contributed by atoms with E-state index in [1.54, 1.807) is 6.92 Å². The first-order valence-electron chi connectivity index (χ1n) is 6.22. The fraction of sp³-hybridized carbons (Fsp3) is 0.231. The summed E-state index contributed by atoms with van der Waals surface area (Å²) in [5, 5.41) is 18.7. The number of nitrogens with one attached hydrogen (secondary N) is 1. The lowest BCUT2D eigenvalue weighted by Gasteiger charge is -2.07. The van der Waals surface area contributed by atoms with Crippen LogP contribution in [-0.4, -0.2) is 32.0 Å². The van der Waals surface area contributed by atoms with E-state index in [-0.39, 0.29) is 12.2 Å². The molecule has 1 heterocycles. The second-order valence-electron chi connectivity index (χ2n) is 4.26. The van der Waals surface area contributed by atoms with Gasteiger partial charge in [0, 0.05) is 5.69 Å². The lowest BCUT2D eigenvalue weighted by molar-refractivity contribution is -0.117. The Kier molecular flexibility index (Phi) is 4.27. The highest BCUT2D eigenvalue weighted by molar-refractivity contribution is 5.91. The van der Waals surface area contributed by atoms with Gasteiger partial charge in [0.15, 0.2) is 5.69 Å². The lowest BCUT2D eigenvalue weighted by Crippen LogP contribution is -2.21. The number of carboxylic acid groups (broad SMARTS) is 1. The highest BCUT2D eigenvalue weighted by Crippen LogP contribution is 2.10. The summed E-state index contributed by atoms with van der Waals surface area (Å²) in [6.07, 6.45) is 0.387. The molecule has 110 valence electrons. The van der Waals surface area contributed by atoms with Gasteiger partial charge in [-0.05, 0) is 30.7 Å². The average Bonchev–Trinajstić information content (AvgIpc) is 2.84. The molecular weight excluding hydrogens is 279 g/mol. The molecule has 0 unspecified atom stereocenters. The maximum atomic E-state index is 12.8. The maximum Gasteiger partial charge on any atom is 0.358 e. The summed E-state index contributed by atoms with van der Waals surface area (Å²) in [7, 11) is 0. The predicted molar refractivity (Wildman–Crippen MR) is 71.4 cm³/mol. The fourth-order valence-electron chi connectivity index (χ4n) is 1.85. The second-order valence-corrected chi connectivity index (χ2v) is 4.26. The molecule has 0 saturated carbocycles. The molecule has 7 nitrogen and oxygen atoms in total. The van der Waals surface area contributed by atoms with Crippen molar-refractivity contribution in [1.29, 1.82) is 0 Å². The third-order valence-corrected chi connectivity index (χ3v) is 2.80. The van der Waals surface area contributed by atoms with Crippen molar-refractivity contribution in [3.05, 3.63) is 41.5 Å². The number of carbonyl (C=O) groups is 2. The van der Waals surface area contributed by atoms with Crippen LogP contribution < -0.4 is 5.32 Å². The first-order valence-corrected chi connectivity index (χ1v) is 6.22. The van der Waals surface area contributed by atoms with Crippen molar-refractivity contribution in [2.45, 2.75) is 19.9 Å². The van der Waals surface area contributed by atoms with Crippen molar-refractivity contribution in [3.63, 3.8) is 0 Å². The third kappa shape index (κ3) is 3.41. The molecule has 21 heavy (non-hydrogen) atoms. The van der Waals surface area contributed by atoms with E-state index in [1.807, 2.05) is 0 Å². The largest absolute Gasteiger partial charge is 0.476 e. The van der Waals surface area contributed by atoms with E-state index in [0.29, 0.717) is 17.8 Å². The number of amides is 1. The van der Waals surface area contributed by atoms with Crippen LogP contribution in [0.2, 0.25) is 0 Å². The van der Waals surface area contributed by atoms with E-state index < -0.39 is 17.7 Å². The average molecular weight is 292 g/mol. The first kappa shape index (κ1) is 14.6. The van der Waals surface area contributed by atoms with E-state index in [0.717, 1.165) is 0 Å². The van der Waals surface area contributed by atoms with Crippen LogP contribution in [0.5, 0.6) is 0 Å². The van der Waals surface area contributed by atoms with E-state index in [9.17, 15) is 14.0 Å². The highest BCUT2D eigenvalue weighted by Gasteiger charge is 2.18. The van der Waals surface area contributed by atoms with Crippen molar-refractivity contribution in [3.8, 4) is 0 Å². The van der Waals surface area contributed by atoms with Gasteiger partial charge >= 0.3 is 5.97 Å². The number of hydrogen-bond donors (Lipinski definition) is 2. The van der Waals surface area contributed by atoms with E-state index in [4.69, 9.17) is 5.11 Å². The van der Waals surface area contributed by atoms with E-state index >= 15 is 0 Å². The van der Waals surface area contributed by atoms with Gasteiger partial charge in [-0.15, -0.1) is 5.10 Å². The lowest BCUT2D eigenvalue weighted by atomic mass is 10.2. The second kappa shape index (κ2) is 6.12. The van der Waals surface area contributed by atoms with Crippen LogP contribution in [0, 0.1) is 5.82 Å². The third-order valence-electron chi connectivity index (χ3n) is 2.80. The number of carboxylic acids is 1. The molecule has 1 aromatic heterocycles. The van der Waals surface area contributed by atoms with Gasteiger partial charge in [0.25, 0.3) is 0 Å². The zero-order valence-corrected chi connectivity index (χ0v) is 11.2. The van der Waals surface area contributed by atoms with Gasteiger partial charge in [0.1, 0.15) is 12.4 Å². The first-order chi connectivity index (χ1) is 10.0. The molecule has 1 aromatic carbocycles. The topological polar surface area (TPSA) is 97.1 Å². The van der Waals surface area contributed by atoms with Gasteiger partial charge in [-0.3, -0.25) is 4.79 Å². The number of benzene rings is 1. The van der Waals surface area contributed by atoms with Gasteiger partial charge in [0.05, 0.1) is 5.69 Å². The SMILES string of the molecule is CCc1c(C(=O)O)nnn1CC(=O)Nc1ccc(F)cc1. The van der Waals surface area contributed by atoms with Gasteiger partial charge in [0.2, 0.25) is 5.91 Å². The molecule has 2 rings (SSSR count). The quantitative estimate of drug-likeness (QED) is 0.866. The molecule has 0 fully saturated rings. The molecule has 0 aliphatic rings. The Balaban J connectivity index is 2.09. The number of hydrogen-bond acceptors (Lipinski definition) is 4. The maximum absolute atomic E-state index is 12.8. The van der Waals surface area contributed by atoms with Crippen LogP contribution >= 0.6 is 0 Å². The summed E-state index contributed by atoms with van der Waals surface area (Å²) >= 11 is 0. The Hall–Kier alpha value is -2.77. The van der Waals surface area contributed by atoms with Crippen LogP contribution in [0.15, 0.2) is 24.3 Å². The number of aromatic carboxylic acids is 1. The molecule has 0 radical (unpaired) electrons. The molecule has 8 heteroatoms. The fourth-order valence-corrected chi connectivity index (χ4v) is 1.85. The molecule has 0 spiro atoms. The van der Waals surface area contributed by atoms with Gasteiger partial charge < -0.3 is 10.4 Å². The molecule has 0 saturated heterocycles. The standard InChI is InChI=1S/C13H13FN4O3/c1-2-10-12(13(20)21)16-17-18(10)7-11(19)15-9-5-3-8(14)4-6-9/h3-6H,2,7H2,1H3,(H,15,19)(H,20,21). The van der Waals surface area contributed by atoms with Crippen molar-refractivity contribution in [2.24, 2.45) is 0 Å². The number of carbonyl (C=O) groups excluding carboxylic acids is 1. The number of aromatic nitrogens is 3. The van der Waals surface area contributed by atoms with Gasteiger partial charge in [-0.2, -0.15) is 0 Å². The van der Waals surface area contributed by atoms with Gasteiger partial charge in [-0.25, -0.2) is 13.9 Å². The van der Waals surface area contributed by atoms with Crippen LogP contribution in [0.1, 0.15) is 23.1 Å². The minimum atomic E-state index is -1.18. The van der Waals surface area contributed by atoms with Gasteiger partial charge in [-0.1, -0.05) is 12.1 Å². The minimum absolute atomic E-state index is 0.160. The van der Waals surface area contributed by atoms with Crippen LogP contribution in [0.25, 0.3) is 0 Å². The summed E-state index contributed by atoms with van der Waals surface area (Å²) in [5.41, 5.74) is 0.655. The molecule has 0 atom stereocenters. The normalized spacial score (nSPS) is 10.4. The van der Waals surface area contributed by atoms with Crippen molar-refractivity contribution in [1.82, 2.24) is 15.0 Å². The van der Waals surface area contributed by atoms with Crippen molar-refractivity contribution >= 4 is 17.6 Å². The van der Waals surface area contributed by atoms with Crippen molar-refractivity contribution in [2.75, 3.05) is 5.32 Å². The Morgan fingerprint density at radius 3 is 2.57 bits per heavy atom. The van der Waals surface area contributed by atoms with E-state index in [1.165, 1.54) is 28.9 Å². The molecule has 1 amide bonds.